The summed E-state index contributed by atoms with van der Waals surface area (Å²) in [6.07, 6.45) is 0. The van der Waals surface area contributed by atoms with Crippen molar-refractivity contribution in [3.63, 3.8) is 0 Å². The van der Waals surface area contributed by atoms with Crippen LogP contribution in [-0.2, 0) is 9.59 Å². The molecule has 0 heterocycles. The van der Waals surface area contributed by atoms with E-state index in [1.54, 1.807) is 6.92 Å². The number of carboxylic acids is 1. The van der Waals surface area contributed by atoms with Crippen molar-refractivity contribution in [2.75, 3.05) is 16.8 Å². The van der Waals surface area contributed by atoms with Gasteiger partial charge in [0.15, 0.2) is 0 Å². The molecule has 0 bridgehead atoms. The summed E-state index contributed by atoms with van der Waals surface area (Å²) in [5.41, 5.74) is 1.11. The Hall–Kier alpha value is -1.08. The minimum Gasteiger partial charge on any atom is -0.481 e. The molecule has 98 valence electrons. The Labute approximate surface area is 116 Å². The van der Waals surface area contributed by atoms with Crippen LogP contribution in [0.25, 0.3) is 0 Å². The summed E-state index contributed by atoms with van der Waals surface area (Å²) in [5.74, 6) is -1.76. The highest BCUT2D eigenvalue weighted by molar-refractivity contribution is 9.10. The number of carbonyl (C=O) groups excluding carboxylic acids is 1. The Morgan fingerprint density at radius 3 is 2.72 bits per heavy atom. The highest BCUT2D eigenvalue weighted by Crippen LogP contribution is 2.24. The van der Waals surface area contributed by atoms with Crippen LogP contribution >= 0.6 is 27.7 Å². The molecule has 0 aliphatic rings. The molecule has 0 aliphatic heterocycles. The van der Waals surface area contributed by atoms with Gasteiger partial charge in [-0.25, -0.2) is 4.39 Å². The minimum absolute atomic E-state index is 0.0424. The third kappa shape index (κ3) is 4.66. The van der Waals surface area contributed by atoms with Gasteiger partial charge in [0.2, 0.25) is 5.91 Å². The van der Waals surface area contributed by atoms with Crippen LogP contribution in [-0.4, -0.2) is 28.5 Å². The Bertz CT molecular complexity index is 482. The number of nitrogens with one attached hydrogen (secondary N) is 1. The highest BCUT2D eigenvalue weighted by Gasteiger charge is 2.09. The molecule has 0 unspecified atom stereocenters. The first-order valence-electron chi connectivity index (χ1n) is 4.95. The van der Waals surface area contributed by atoms with Crippen LogP contribution in [0.15, 0.2) is 16.6 Å². The number of aliphatic carboxylic acids is 1. The Balaban J connectivity index is 2.59. The predicted molar refractivity (Wildman–Crippen MR) is 72.4 cm³/mol. The first-order chi connectivity index (χ1) is 8.40. The van der Waals surface area contributed by atoms with Crippen LogP contribution in [0.2, 0.25) is 0 Å². The Morgan fingerprint density at radius 1 is 1.44 bits per heavy atom. The molecule has 0 atom stereocenters. The molecular formula is C11H11BrFNO3S. The standard InChI is InChI=1S/C11H11BrFNO3S/c1-6-2-8(13)7(12)3-9(6)14-10(15)4-18-5-11(16)17/h2-3H,4-5H2,1H3,(H,14,15)(H,16,17). The second kappa shape index (κ2) is 6.75. The largest absolute Gasteiger partial charge is 0.481 e. The summed E-state index contributed by atoms with van der Waals surface area (Å²) < 4.78 is 13.4. The van der Waals surface area contributed by atoms with E-state index >= 15 is 0 Å². The van der Waals surface area contributed by atoms with Crippen molar-refractivity contribution in [2.45, 2.75) is 6.92 Å². The van der Waals surface area contributed by atoms with Crippen molar-refractivity contribution < 1.29 is 19.1 Å². The number of thioether (sulfide) groups is 1. The van der Waals surface area contributed by atoms with E-state index in [0.717, 1.165) is 11.8 Å². The lowest BCUT2D eigenvalue weighted by Gasteiger charge is -2.09. The summed E-state index contributed by atoms with van der Waals surface area (Å²) in [6, 6.07) is 2.79. The van der Waals surface area contributed by atoms with Gasteiger partial charge in [0.1, 0.15) is 5.82 Å². The topological polar surface area (TPSA) is 66.4 Å². The van der Waals surface area contributed by atoms with E-state index < -0.39 is 11.8 Å². The van der Waals surface area contributed by atoms with Gasteiger partial charge in [0.25, 0.3) is 0 Å². The van der Waals surface area contributed by atoms with Crippen LogP contribution in [0.4, 0.5) is 10.1 Å². The molecule has 0 radical (unpaired) electrons. The summed E-state index contributed by atoms with van der Waals surface area (Å²) >= 11 is 4.04. The van der Waals surface area contributed by atoms with Gasteiger partial charge in [0, 0.05) is 5.69 Å². The van der Waals surface area contributed by atoms with E-state index in [-0.39, 0.29) is 21.9 Å². The first kappa shape index (κ1) is 15.0. The van der Waals surface area contributed by atoms with E-state index in [2.05, 4.69) is 21.2 Å². The zero-order valence-electron chi connectivity index (χ0n) is 9.50. The third-order valence-corrected chi connectivity index (χ3v) is 3.53. The van der Waals surface area contributed by atoms with Crippen molar-refractivity contribution in [3.8, 4) is 0 Å². The Morgan fingerprint density at radius 2 is 2.11 bits per heavy atom. The molecule has 2 N–H and O–H groups in total. The van der Waals surface area contributed by atoms with Gasteiger partial charge in [-0.15, -0.1) is 11.8 Å². The number of benzene rings is 1. The third-order valence-electron chi connectivity index (χ3n) is 2.00. The van der Waals surface area contributed by atoms with Gasteiger partial charge < -0.3 is 10.4 Å². The van der Waals surface area contributed by atoms with Crippen LogP contribution in [0.5, 0.6) is 0 Å². The number of amides is 1. The number of carboxylic acid groups (broad SMARTS) is 1. The van der Waals surface area contributed by atoms with Gasteiger partial charge >= 0.3 is 5.97 Å². The molecule has 1 aromatic carbocycles. The number of carbonyl (C=O) groups is 2. The number of aryl methyl sites for hydroxylation is 1. The fraction of sp³-hybridized carbons (Fsp3) is 0.273. The zero-order chi connectivity index (χ0) is 13.7. The van der Waals surface area contributed by atoms with Crippen molar-refractivity contribution >= 4 is 45.3 Å². The molecule has 18 heavy (non-hydrogen) atoms. The molecule has 0 saturated heterocycles. The van der Waals surface area contributed by atoms with Crippen molar-refractivity contribution in [1.82, 2.24) is 0 Å². The van der Waals surface area contributed by atoms with Crippen LogP contribution in [0.3, 0.4) is 0 Å². The molecule has 7 heteroatoms. The SMILES string of the molecule is Cc1cc(F)c(Br)cc1NC(=O)CSCC(=O)O. The van der Waals surface area contributed by atoms with E-state index in [9.17, 15) is 14.0 Å². The zero-order valence-corrected chi connectivity index (χ0v) is 11.9. The molecule has 0 fully saturated rings. The molecule has 0 spiro atoms. The lowest BCUT2D eigenvalue weighted by molar-refractivity contribution is -0.133. The number of halogens is 2. The van der Waals surface area contributed by atoms with Crippen molar-refractivity contribution in [1.29, 1.82) is 0 Å². The summed E-state index contributed by atoms with van der Waals surface area (Å²) in [5, 5.41) is 11.0. The molecule has 1 aromatic rings. The number of anilines is 1. The van der Waals surface area contributed by atoms with Gasteiger partial charge in [-0.3, -0.25) is 9.59 Å². The van der Waals surface area contributed by atoms with E-state index in [1.807, 2.05) is 0 Å². The maximum absolute atomic E-state index is 13.2. The molecule has 0 aromatic heterocycles. The monoisotopic (exact) mass is 335 g/mol. The molecule has 0 aliphatic carbocycles. The quantitative estimate of drug-likeness (QED) is 0.868. The first-order valence-corrected chi connectivity index (χ1v) is 6.90. The summed E-state index contributed by atoms with van der Waals surface area (Å²) in [4.78, 5) is 21.8. The molecule has 0 saturated carbocycles. The number of rotatable bonds is 5. The molecule has 1 rings (SSSR count). The van der Waals surface area contributed by atoms with E-state index in [0.29, 0.717) is 11.3 Å². The highest BCUT2D eigenvalue weighted by atomic mass is 79.9. The smallest absolute Gasteiger partial charge is 0.313 e. The summed E-state index contributed by atoms with van der Waals surface area (Å²) in [6.45, 7) is 1.68. The van der Waals surface area contributed by atoms with Crippen LogP contribution in [0.1, 0.15) is 5.56 Å². The molecule has 1 amide bonds. The maximum atomic E-state index is 13.2. The summed E-state index contributed by atoms with van der Waals surface area (Å²) in [7, 11) is 0. The van der Waals surface area contributed by atoms with Gasteiger partial charge in [-0.1, -0.05) is 0 Å². The van der Waals surface area contributed by atoms with Gasteiger partial charge in [-0.05, 0) is 40.5 Å². The second-order valence-electron chi connectivity index (χ2n) is 3.52. The van der Waals surface area contributed by atoms with Crippen LogP contribution in [0, 0.1) is 12.7 Å². The lowest BCUT2D eigenvalue weighted by Crippen LogP contribution is -2.16. The molecular weight excluding hydrogens is 325 g/mol. The minimum atomic E-state index is -0.964. The lowest BCUT2D eigenvalue weighted by atomic mass is 10.2. The fourth-order valence-electron chi connectivity index (χ4n) is 1.20. The average Bonchev–Trinajstić information content (AvgIpc) is 2.25. The fourth-order valence-corrected chi connectivity index (χ4v) is 2.08. The van der Waals surface area contributed by atoms with Gasteiger partial charge in [-0.2, -0.15) is 0 Å². The Kier molecular flexibility index (Phi) is 5.61. The van der Waals surface area contributed by atoms with E-state index in [4.69, 9.17) is 5.11 Å². The normalized spacial score (nSPS) is 10.2. The second-order valence-corrected chi connectivity index (χ2v) is 5.36. The number of hydrogen-bond donors (Lipinski definition) is 2. The predicted octanol–water partition coefficient (Wildman–Crippen LogP) is 2.65. The van der Waals surface area contributed by atoms with Crippen molar-refractivity contribution in [2.24, 2.45) is 0 Å². The maximum Gasteiger partial charge on any atom is 0.313 e. The number of hydrogen-bond acceptors (Lipinski definition) is 3. The van der Waals surface area contributed by atoms with Gasteiger partial charge in [0.05, 0.1) is 16.0 Å². The molecule has 4 nitrogen and oxygen atoms in total. The van der Waals surface area contributed by atoms with Crippen molar-refractivity contribution in [3.05, 3.63) is 28.0 Å². The van der Waals surface area contributed by atoms with E-state index in [1.165, 1.54) is 12.1 Å². The average molecular weight is 336 g/mol. The van der Waals surface area contributed by atoms with Crippen LogP contribution < -0.4 is 5.32 Å².